The summed E-state index contributed by atoms with van der Waals surface area (Å²) in [5.74, 6) is 2.68. The zero-order chi connectivity index (χ0) is 18.9. The Labute approximate surface area is 168 Å². The Morgan fingerprint density at radius 2 is 1.75 bits per heavy atom. The Kier molecular flexibility index (Phi) is 4.61. The molecule has 142 valence electrons. The highest BCUT2D eigenvalue weighted by molar-refractivity contribution is 7.25. The van der Waals surface area contributed by atoms with Crippen LogP contribution in [0, 0.1) is 0 Å². The highest BCUT2D eigenvalue weighted by Gasteiger charge is 2.21. The molecule has 28 heavy (non-hydrogen) atoms. The fourth-order valence-electron chi connectivity index (χ4n) is 4.11. The van der Waals surface area contributed by atoms with Crippen LogP contribution in [0.4, 0.5) is 5.82 Å². The molecule has 0 radical (unpaired) electrons. The van der Waals surface area contributed by atoms with Crippen LogP contribution in [-0.4, -0.2) is 15.1 Å². The van der Waals surface area contributed by atoms with E-state index in [0.29, 0.717) is 12.5 Å². The van der Waals surface area contributed by atoms with Gasteiger partial charge in [0.25, 0.3) is 0 Å². The number of benzene rings is 2. The molecule has 1 aliphatic carbocycles. The van der Waals surface area contributed by atoms with E-state index in [0.717, 1.165) is 27.4 Å². The van der Waals surface area contributed by atoms with Crippen molar-refractivity contribution in [2.45, 2.75) is 44.6 Å². The monoisotopic (exact) mass is 389 g/mol. The van der Waals surface area contributed by atoms with Gasteiger partial charge in [0.05, 0.1) is 5.39 Å². The smallest absolute Gasteiger partial charge is 0.139 e. The maximum absolute atomic E-state index is 9.51. The fourth-order valence-corrected chi connectivity index (χ4v) is 5.19. The quantitative estimate of drug-likeness (QED) is 0.436. The van der Waals surface area contributed by atoms with Crippen LogP contribution in [0.3, 0.4) is 0 Å². The molecule has 2 aromatic heterocycles. The van der Waals surface area contributed by atoms with Gasteiger partial charge in [-0.1, -0.05) is 49.6 Å². The lowest BCUT2D eigenvalue weighted by Gasteiger charge is -2.21. The van der Waals surface area contributed by atoms with Crippen LogP contribution in [-0.2, 0) is 6.54 Å². The van der Waals surface area contributed by atoms with Crippen molar-refractivity contribution in [3.63, 3.8) is 0 Å². The minimum absolute atomic E-state index is 0.289. The lowest BCUT2D eigenvalue weighted by atomic mass is 9.88. The number of aromatic hydroxyl groups is 1. The minimum atomic E-state index is 0.289. The number of hydrogen-bond acceptors (Lipinski definition) is 5. The maximum Gasteiger partial charge on any atom is 0.139 e. The van der Waals surface area contributed by atoms with Crippen molar-refractivity contribution in [1.29, 1.82) is 0 Å². The number of anilines is 1. The van der Waals surface area contributed by atoms with Crippen molar-refractivity contribution in [3.05, 3.63) is 59.9 Å². The van der Waals surface area contributed by atoms with Crippen LogP contribution in [0.2, 0.25) is 0 Å². The summed E-state index contributed by atoms with van der Waals surface area (Å²) in [6.45, 7) is 0.667. The maximum atomic E-state index is 9.51. The number of thiophene rings is 1. The molecule has 1 fully saturated rings. The number of hydrogen-bond donors (Lipinski definition) is 2. The van der Waals surface area contributed by atoms with E-state index in [4.69, 9.17) is 9.97 Å². The Hall–Kier alpha value is -2.66. The first-order chi connectivity index (χ1) is 13.8. The van der Waals surface area contributed by atoms with Crippen LogP contribution < -0.4 is 5.32 Å². The molecule has 2 heterocycles. The molecule has 4 nitrogen and oxygen atoms in total. The van der Waals surface area contributed by atoms with Crippen molar-refractivity contribution in [2.75, 3.05) is 5.32 Å². The van der Waals surface area contributed by atoms with Crippen molar-refractivity contribution in [1.82, 2.24) is 9.97 Å². The molecular formula is C23H23N3OS. The van der Waals surface area contributed by atoms with Crippen LogP contribution in [0.1, 0.15) is 49.4 Å². The van der Waals surface area contributed by atoms with Gasteiger partial charge in [0.15, 0.2) is 0 Å². The minimum Gasteiger partial charge on any atom is -0.508 e. The van der Waals surface area contributed by atoms with Gasteiger partial charge >= 0.3 is 0 Å². The first-order valence-corrected chi connectivity index (χ1v) is 10.8. The normalized spacial score (nSPS) is 15.3. The first-order valence-electron chi connectivity index (χ1n) is 9.99. The number of rotatable bonds is 4. The lowest BCUT2D eigenvalue weighted by Crippen LogP contribution is -2.11. The molecule has 2 N–H and O–H groups in total. The molecule has 2 aromatic carbocycles. The van der Waals surface area contributed by atoms with Gasteiger partial charge in [0, 0.05) is 22.5 Å². The fraction of sp³-hybridized carbons (Fsp3) is 0.304. The predicted octanol–water partition coefficient (Wildman–Crippen LogP) is 6.21. The molecule has 5 heteroatoms. The molecule has 1 aliphatic rings. The van der Waals surface area contributed by atoms with E-state index in [2.05, 4.69) is 29.6 Å². The number of phenolic OH excluding ortho intramolecular Hbond substituents is 1. The number of nitrogens with zero attached hydrogens (tertiary/aromatic N) is 2. The van der Waals surface area contributed by atoms with E-state index >= 15 is 0 Å². The first kappa shape index (κ1) is 17.4. The number of fused-ring (bicyclic) bond motifs is 3. The summed E-state index contributed by atoms with van der Waals surface area (Å²) in [4.78, 5) is 11.1. The topological polar surface area (TPSA) is 58.0 Å². The highest BCUT2D eigenvalue weighted by Crippen LogP contribution is 2.39. The van der Waals surface area contributed by atoms with Crippen LogP contribution in [0.5, 0.6) is 5.75 Å². The second-order valence-electron chi connectivity index (χ2n) is 7.56. The third kappa shape index (κ3) is 3.31. The summed E-state index contributed by atoms with van der Waals surface area (Å²) in [5, 5.41) is 15.4. The van der Waals surface area contributed by atoms with E-state index in [9.17, 15) is 5.11 Å². The van der Waals surface area contributed by atoms with E-state index < -0.39 is 0 Å². The van der Waals surface area contributed by atoms with Crippen LogP contribution >= 0.6 is 11.3 Å². The molecule has 0 bridgehead atoms. The Morgan fingerprint density at radius 3 is 2.57 bits per heavy atom. The molecule has 0 spiro atoms. The average Bonchev–Trinajstić information content (AvgIpc) is 3.12. The molecule has 0 amide bonds. The van der Waals surface area contributed by atoms with E-state index in [1.54, 1.807) is 23.5 Å². The SMILES string of the molecule is Oc1ccc(CNc2nc(C3CCCCC3)nc3sc4ccccc4c23)cc1. The summed E-state index contributed by atoms with van der Waals surface area (Å²) in [7, 11) is 0. The largest absolute Gasteiger partial charge is 0.508 e. The van der Waals surface area contributed by atoms with Gasteiger partial charge in [0.2, 0.25) is 0 Å². The lowest BCUT2D eigenvalue weighted by molar-refractivity contribution is 0.430. The van der Waals surface area contributed by atoms with Gasteiger partial charge in [0.1, 0.15) is 22.2 Å². The predicted molar refractivity (Wildman–Crippen MR) is 116 cm³/mol. The summed E-state index contributed by atoms with van der Waals surface area (Å²) in [5.41, 5.74) is 1.11. The second-order valence-corrected chi connectivity index (χ2v) is 8.59. The summed E-state index contributed by atoms with van der Waals surface area (Å²) >= 11 is 1.75. The van der Waals surface area contributed by atoms with Gasteiger partial charge < -0.3 is 10.4 Å². The molecule has 0 aliphatic heterocycles. The average molecular weight is 390 g/mol. The number of phenols is 1. The molecule has 0 unspecified atom stereocenters. The van der Waals surface area contributed by atoms with Gasteiger partial charge in [-0.15, -0.1) is 11.3 Å². The molecule has 5 rings (SSSR count). The molecule has 0 atom stereocenters. The third-order valence-electron chi connectivity index (χ3n) is 5.62. The summed E-state index contributed by atoms with van der Waals surface area (Å²) in [6.07, 6.45) is 6.25. The Balaban J connectivity index is 1.57. The van der Waals surface area contributed by atoms with Crippen molar-refractivity contribution < 1.29 is 5.11 Å². The summed E-state index contributed by atoms with van der Waals surface area (Å²) < 4.78 is 1.25. The Bertz CT molecular complexity index is 1110. The van der Waals surface area contributed by atoms with Crippen molar-refractivity contribution in [3.8, 4) is 5.75 Å². The van der Waals surface area contributed by atoms with E-state index in [1.165, 1.54) is 42.2 Å². The number of nitrogens with one attached hydrogen (secondary N) is 1. The zero-order valence-corrected chi connectivity index (χ0v) is 16.5. The standard InChI is InChI=1S/C23H23N3OS/c27-17-12-10-15(11-13-17)14-24-22-20-18-8-4-5-9-19(18)28-23(20)26-21(25-22)16-6-2-1-3-7-16/h4-5,8-13,16,27H,1-3,6-7,14H2,(H,24,25,26). The van der Waals surface area contributed by atoms with Gasteiger partial charge in [-0.3, -0.25) is 0 Å². The van der Waals surface area contributed by atoms with Gasteiger partial charge in [-0.25, -0.2) is 9.97 Å². The molecule has 1 saturated carbocycles. The van der Waals surface area contributed by atoms with E-state index in [1.807, 2.05) is 12.1 Å². The zero-order valence-electron chi connectivity index (χ0n) is 15.7. The van der Waals surface area contributed by atoms with E-state index in [-0.39, 0.29) is 5.75 Å². The van der Waals surface area contributed by atoms with Crippen LogP contribution in [0.25, 0.3) is 20.3 Å². The van der Waals surface area contributed by atoms with Crippen molar-refractivity contribution >= 4 is 37.5 Å². The molecular weight excluding hydrogens is 366 g/mol. The molecule has 0 saturated heterocycles. The van der Waals surface area contributed by atoms with Crippen LogP contribution in [0.15, 0.2) is 48.5 Å². The molecule has 4 aromatic rings. The summed E-state index contributed by atoms with van der Waals surface area (Å²) in [6, 6.07) is 15.8. The highest BCUT2D eigenvalue weighted by atomic mass is 32.1. The number of aromatic nitrogens is 2. The van der Waals surface area contributed by atoms with Crippen molar-refractivity contribution in [2.24, 2.45) is 0 Å². The third-order valence-corrected chi connectivity index (χ3v) is 6.69. The van der Waals surface area contributed by atoms with Gasteiger partial charge in [-0.2, -0.15) is 0 Å². The second kappa shape index (κ2) is 7.40. The van der Waals surface area contributed by atoms with Gasteiger partial charge in [-0.05, 0) is 36.6 Å². The Morgan fingerprint density at radius 1 is 0.964 bits per heavy atom.